The van der Waals surface area contributed by atoms with Gasteiger partial charge in [0.15, 0.2) is 0 Å². The smallest absolute Gasteiger partial charge is 0.0499 e. The van der Waals surface area contributed by atoms with Gasteiger partial charge in [0.2, 0.25) is 0 Å². The molecule has 2 atom stereocenters. The zero-order valence-electron chi connectivity index (χ0n) is 9.83. The summed E-state index contributed by atoms with van der Waals surface area (Å²) >= 11 is 0. The number of nitrogens with zero attached hydrogens (tertiary/aromatic N) is 1. The Labute approximate surface area is 92.1 Å². The number of rotatable bonds is 1. The van der Waals surface area contributed by atoms with Gasteiger partial charge in [-0.1, -0.05) is 23.8 Å². The van der Waals surface area contributed by atoms with Crippen molar-refractivity contribution in [3.63, 3.8) is 0 Å². The Morgan fingerprint density at radius 2 is 2.07 bits per heavy atom. The van der Waals surface area contributed by atoms with Crippen LogP contribution in [0.1, 0.15) is 29.2 Å². The van der Waals surface area contributed by atoms with Crippen LogP contribution in [-0.4, -0.2) is 24.5 Å². The molecule has 0 saturated carbocycles. The molecule has 1 heterocycles. The second-order valence-electron chi connectivity index (χ2n) is 4.74. The lowest BCUT2D eigenvalue weighted by Crippen LogP contribution is -2.30. The molecule has 1 aliphatic heterocycles. The molecule has 1 aliphatic rings. The highest BCUT2D eigenvalue weighted by Gasteiger charge is 2.30. The third kappa shape index (κ3) is 1.92. The van der Waals surface area contributed by atoms with E-state index >= 15 is 0 Å². The molecule has 15 heavy (non-hydrogen) atoms. The van der Waals surface area contributed by atoms with E-state index in [0.717, 1.165) is 13.0 Å². The van der Waals surface area contributed by atoms with Crippen LogP contribution in [0.3, 0.4) is 0 Å². The summed E-state index contributed by atoms with van der Waals surface area (Å²) in [6.07, 6.45) is 1.11. The molecule has 0 aromatic heterocycles. The van der Waals surface area contributed by atoms with Gasteiger partial charge in [-0.15, -0.1) is 0 Å². The highest BCUT2D eigenvalue weighted by molar-refractivity contribution is 5.34. The van der Waals surface area contributed by atoms with Crippen LogP contribution < -0.4 is 5.73 Å². The highest BCUT2D eigenvalue weighted by atomic mass is 15.2. The average Bonchev–Trinajstić information content (AvgIpc) is 2.48. The molecule has 0 aliphatic carbocycles. The van der Waals surface area contributed by atoms with E-state index in [-0.39, 0.29) is 6.04 Å². The van der Waals surface area contributed by atoms with Gasteiger partial charge in [0.05, 0.1) is 0 Å². The lowest BCUT2D eigenvalue weighted by molar-refractivity contribution is 0.303. The third-order valence-electron chi connectivity index (χ3n) is 3.44. The summed E-state index contributed by atoms with van der Waals surface area (Å²) < 4.78 is 0. The van der Waals surface area contributed by atoms with Crippen LogP contribution in [-0.2, 0) is 0 Å². The number of benzene rings is 1. The summed E-state index contributed by atoms with van der Waals surface area (Å²) in [7, 11) is 2.16. The summed E-state index contributed by atoms with van der Waals surface area (Å²) in [5, 5.41) is 0. The van der Waals surface area contributed by atoms with Crippen molar-refractivity contribution in [2.75, 3.05) is 13.6 Å². The quantitative estimate of drug-likeness (QED) is 0.758. The van der Waals surface area contributed by atoms with Gasteiger partial charge in [-0.3, -0.25) is 4.90 Å². The summed E-state index contributed by atoms with van der Waals surface area (Å²) in [6, 6.07) is 7.36. The number of nitrogens with two attached hydrogens (primary N) is 1. The minimum atomic E-state index is 0.288. The zero-order chi connectivity index (χ0) is 11.0. The first-order valence-corrected chi connectivity index (χ1v) is 5.62. The maximum Gasteiger partial charge on any atom is 0.0499 e. The number of hydrogen-bond acceptors (Lipinski definition) is 2. The summed E-state index contributed by atoms with van der Waals surface area (Å²) in [5.41, 5.74) is 10.3. The van der Waals surface area contributed by atoms with Crippen molar-refractivity contribution in [3.05, 3.63) is 34.9 Å². The normalized spacial score (nSPS) is 27.2. The van der Waals surface area contributed by atoms with E-state index in [1.165, 1.54) is 16.7 Å². The molecule has 0 spiro atoms. The molecule has 1 saturated heterocycles. The number of aryl methyl sites for hydroxylation is 2. The van der Waals surface area contributed by atoms with Crippen molar-refractivity contribution in [2.24, 2.45) is 5.73 Å². The van der Waals surface area contributed by atoms with Gasteiger partial charge in [-0.05, 0) is 38.4 Å². The molecule has 2 N–H and O–H groups in total. The van der Waals surface area contributed by atoms with Crippen LogP contribution >= 0.6 is 0 Å². The van der Waals surface area contributed by atoms with Crippen LogP contribution in [0.25, 0.3) is 0 Å². The molecule has 0 amide bonds. The SMILES string of the molecule is Cc1ccc(C2C(N)CCN2C)c(C)c1. The second kappa shape index (κ2) is 3.95. The van der Waals surface area contributed by atoms with Gasteiger partial charge in [0, 0.05) is 18.6 Å². The molecule has 1 aromatic carbocycles. The first kappa shape index (κ1) is 10.7. The van der Waals surface area contributed by atoms with Gasteiger partial charge in [0.25, 0.3) is 0 Å². The van der Waals surface area contributed by atoms with Crippen LogP contribution in [0.15, 0.2) is 18.2 Å². The van der Waals surface area contributed by atoms with Gasteiger partial charge < -0.3 is 5.73 Å². The average molecular weight is 204 g/mol. The molecule has 2 rings (SSSR count). The van der Waals surface area contributed by atoms with Crippen molar-refractivity contribution in [2.45, 2.75) is 32.4 Å². The lowest BCUT2D eigenvalue weighted by atomic mass is 9.95. The maximum atomic E-state index is 6.17. The maximum absolute atomic E-state index is 6.17. The zero-order valence-corrected chi connectivity index (χ0v) is 9.83. The number of hydrogen-bond donors (Lipinski definition) is 1. The summed E-state index contributed by atoms with van der Waals surface area (Å²) in [5.74, 6) is 0. The molecule has 1 fully saturated rings. The van der Waals surface area contributed by atoms with E-state index < -0.39 is 0 Å². The topological polar surface area (TPSA) is 29.3 Å². The van der Waals surface area contributed by atoms with E-state index in [4.69, 9.17) is 5.73 Å². The van der Waals surface area contributed by atoms with Gasteiger partial charge >= 0.3 is 0 Å². The van der Waals surface area contributed by atoms with Crippen LogP contribution in [0, 0.1) is 13.8 Å². The second-order valence-corrected chi connectivity index (χ2v) is 4.74. The molecular formula is C13H20N2. The molecule has 0 radical (unpaired) electrons. The van der Waals surface area contributed by atoms with Crippen LogP contribution in [0.2, 0.25) is 0 Å². The van der Waals surface area contributed by atoms with E-state index in [1.54, 1.807) is 0 Å². The standard InChI is InChI=1S/C13H20N2/c1-9-4-5-11(10(2)8-9)13-12(14)6-7-15(13)3/h4-5,8,12-13H,6-7,14H2,1-3H3. The Morgan fingerprint density at radius 3 is 2.60 bits per heavy atom. The fraction of sp³-hybridized carbons (Fsp3) is 0.538. The van der Waals surface area contributed by atoms with E-state index in [2.05, 4.69) is 44.0 Å². The van der Waals surface area contributed by atoms with Crippen molar-refractivity contribution in [1.82, 2.24) is 4.90 Å². The van der Waals surface area contributed by atoms with Gasteiger partial charge in [-0.25, -0.2) is 0 Å². The third-order valence-corrected chi connectivity index (χ3v) is 3.44. The monoisotopic (exact) mass is 204 g/mol. The Bertz CT molecular complexity index is 350. The minimum absolute atomic E-state index is 0.288. The molecule has 2 unspecified atom stereocenters. The first-order valence-electron chi connectivity index (χ1n) is 5.62. The van der Waals surface area contributed by atoms with Crippen molar-refractivity contribution in [3.8, 4) is 0 Å². The Balaban J connectivity index is 2.36. The molecule has 2 heteroatoms. The molecular weight excluding hydrogens is 184 g/mol. The van der Waals surface area contributed by atoms with E-state index in [9.17, 15) is 0 Å². The lowest BCUT2D eigenvalue weighted by Gasteiger charge is -2.25. The van der Waals surface area contributed by atoms with Crippen LogP contribution in [0.5, 0.6) is 0 Å². The van der Waals surface area contributed by atoms with Crippen molar-refractivity contribution < 1.29 is 0 Å². The predicted molar refractivity (Wildman–Crippen MR) is 63.9 cm³/mol. The molecule has 2 nitrogen and oxygen atoms in total. The fourth-order valence-corrected chi connectivity index (χ4v) is 2.60. The predicted octanol–water partition coefficient (Wildman–Crippen LogP) is 2.01. The van der Waals surface area contributed by atoms with Crippen molar-refractivity contribution >= 4 is 0 Å². The molecule has 0 bridgehead atoms. The van der Waals surface area contributed by atoms with Gasteiger partial charge in [0.1, 0.15) is 0 Å². The molecule has 1 aromatic rings. The van der Waals surface area contributed by atoms with E-state index in [1.807, 2.05) is 0 Å². The van der Waals surface area contributed by atoms with Crippen LogP contribution in [0.4, 0.5) is 0 Å². The Morgan fingerprint density at radius 1 is 1.33 bits per heavy atom. The number of likely N-dealkylation sites (N-methyl/N-ethyl adjacent to an activating group) is 1. The minimum Gasteiger partial charge on any atom is -0.326 e. The number of likely N-dealkylation sites (tertiary alicyclic amines) is 1. The first-order chi connectivity index (χ1) is 7.09. The van der Waals surface area contributed by atoms with Crippen molar-refractivity contribution in [1.29, 1.82) is 0 Å². The Hall–Kier alpha value is -0.860. The molecule has 82 valence electrons. The Kier molecular flexibility index (Phi) is 2.81. The summed E-state index contributed by atoms with van der Waals surface area (Å²) in [6.45, 7) is 5.43. The van der Waals surface area contributed by atoms with E-state index in [0.29, 0.717) is 6.04 Å². The van der Waals surface area contributed by atoms with Gasteiger partial charge in [-0.2, -0.15) is 0 Å². The fourth-order valence-electron chi connectivity index (χ4n) is 2.60. The largest absolute Gasteiger partial charge is 0.326 e. The summed E-state index contributed by atoms with van der Waals surface area (Å²) in [4.78, 5) is 2.36. The highest BCUT2D eigenvalue weighted by Crippen LogP contribution is 2.31.